The smallest absolute Gasteiger partial charge is 0.254 e. The summed E-state index contributed by atoms with van der Waals surface area (Å²) in [7, 11) is 1.70. The molecular formula is C21H26N2O3S. The SMILES string of the molecule is COc1cccc(CN2CCC3(CC2)CN(C(=O)c2ccsc2)CCO3)c1. The van der Waals surface area contributed by atoms with Crippen molar-refractivity contribution in [3.63, 3.8) is 0 Å². The highest BCUT2D eigenvalue weighted by atomic mass is 32.1. The molecule has 0 radical (unpaired) electrons. The van der Waals surface area contributed by atoms with Crippen LogP contribution in [0.15, 0.2) is 41.1 Å². The van der Waals surface area contributed by atoms with Gasteiger partial charge in [-0.15, -0.1) is 0 Å². The van der Waals surface area contributed by atoms with Gasteiger partial charge in [-0.25, -0.2) is 0 Å². The number of morpholine rings is 1. The van der Waals surface area contributed by atoms with Gasteiger partial charge in [0, 0.05) is 31.6 Å². The van der Waals surface area contributed by atoms with Crippen LogP contribution in [0.4, 0.5) is 0 Å². The molecule has 4 rings (SSSR count). The Morgan fingerprint density at radius 2 is 2.11 bits per heavy atom. The van der Waals surface area contributed by atoms with Crippen LogP contribution in [0.25, 0.3) is 0 Å². The van der Waals surface area contributed by atoms with Gasteiger partial charge in [-0.3, -0.25) is 9.69 Å². The topological polar surface area (TPSA) is 42.0 Å². The molecule has 1 aromatic heterocycles. The molecule has 27 heavy (non-hydrogen) atoms. The fourth-order valence-corrected chi connectivity index (χ4v) is 4.67. The van der Waals surface area contributed by atoms with E-state index in [0.29, 0.717) is 19.7 Å². The van der Waals surface area contributed by atoms with Crippen LogP contribution in [0.3, 0.4) is 0 Å². The zero-order chi connectivity index (χ0) is 18.7. The molecule has 0 unspecified atom stereocenters. The van der Waals surface area contributed by atoms with Gasteiger partial charge in [0.05, 0.1) is 31.4 Å². The molecule has 0 saturated carbocycles. The number of piperidine rings is 1. The fourth-order valence-electron chi connectivity index (χ4n) is 4.04. The molecule has 2 aliphatic rings. The molecule has 0 bridgehead atoms. The standard InChI is InChI=1S/C21H26N2O3S/c1-25-19-4-2-3-17(13-19)14-22-8-6-21(7-9-22)16-23(10-11-26-21)20(24)18-5-12-27-15-18/h2-5,12-13,15H,6-11,14,16H2,1H3. The van der Waals surface area contributed by atoms with E-state index in [2.05, 4.69) is 17.0 Å². The number of hydrogen-bond donors (Lipinski definition) is 0. The number of carbonyl (C=O) groups is 1. The van der Waals surface area contributed by atoms with Crippen molar-refractivity contribution in [2.75, 3.05) is 39.9 Å². The molecule has 0 aliphatic carbocycles. The largest absolute Gasteiger partial charge is 0.497 e. The molecule has 0 atom stereocenters. The molecule has 1 amide bonds. The Kier molecular flexibility index (Phi) is 5.48. The van der Waals surface area contributed by atoms with E-state index >= 15 is 0 Å². The fraction of sp³-hybridized carbons (Fsp3) is 0.476. The molecule has 6 heteroatoms. The van der Waals surface area contributed by atoms with Crippen molar-refractivity contribution in [2.24, 2.45) is 0 Å². The first-order valence-corrected chi connectivity index (χ1v) is 10.4. The first kappa shape index (κ1) is 18.5. The maximum absolute atomic E-state index is 12.7. The second-order valence-corrected chi connectivity index (χ2v) is 8.18. The van der Waals surface area contributed by atoms with Crippen LogP contribution in [-0.4, -0.2) is 61.2 Å². The normalized spacial score (nSPS) is 20.0. The Labute approximate surface area is 164 Å². The number of ether oxygens (including phenoxy) is 2. The number of likely N-dealkylation sites (tertiary alicyclic amines) is 1. The molecule has 2 aliphatic heterocycles. The summed E-state index contributed by atoms with van der Waals surface area (Å²) in [4.78, 5) is 17.1. The highest BCUT2D eigenvalue weighted by molar-refractivity contribution is 7.08. The minimum atomic E-state index is -0.186. The third kappa shape index (κ3) is 4.18. The maximum atomic E-state index is 12.7. The van der Waals surface area contributed by atoms with Crippen molar-refractivity contribution >= 4 is 17.2 Å². The highest BCUT2D eigenvalue weighted by Gasteiger charge is 2.41. The van der Waals surface area contributed by atoms with E-state index in [1.165, 1.54) is 5.56 Å². The number of carbonyl (C=O) groups excluding carboxylic acids is 1. The quantitative estimate of drug-likeness (QED) is 0.809. The summed E-state index contributed by atoms with van der Waals surface area (Å²) in [5.74, 6) is 1.04. The summed E-state index contributed by atoms with van der Waals surface area (Å²) >= 11 is 1.57. The van der Waals surface area contributed by atoms with E-state index in [9.17, 15) is 4.79 Å². The van der Waals surface area contributed by atoms with E-state index < -0.39 is 0 Å². The Hall–Kier alpha value is -1.89. The monoisotopic (exact) mass is 386 g/mol. The Morgan fingerprint density at radius 3 is 2.85 bits per heavy atom. The predicted octanol–water partition coefficient (Wildman–Crippen LogP) is 3.26. The zero-order valence-electron chi connectivity index (χ0n) is 15.7. The molecule has 1 spiro atoms. The van der Waals surface area contributed by atoms with Gasteiger partial charge in [-0.05, 0) is 42.0 Å². The first-order valence-electron chi connectivity index (χ1n) is 9.48. The van der Waals surface area contributed by atoms with Crippen LogP contribution in [-0.2, 0) is 11.3 Å². The minimum Gasteiger partial charge on any atom is -0.497 e. The average Bonchev–Trinajstić information content (AvgIpc) is 3.24. The van der Waals surface area contributed by atoms with Gasteiger partial charge in [0.15, 0.2) is 0 Å². The summed E-state index contributed by atoms with van der Waals surface area (Å²) in [6.45, 7) is 4.91. The second-order valence-electron chi connectivity index (χ2n) is 7.40. The summed E-state index contributed by atoms with van der Waals surface area (Å²) in [6, 6.07) is 10.2. The lowest BCUT2D eigenvalue weighted by molar-refractivity contribution is -0.127. The molecule has 0 N–H and O–H groups in total. The third-order valence-corrected chi connectivity index (χ3v) is 6.29. The van der Waals surface area contributed by atoms with Gasteiger partial charge in [0.2, 0.25) is 0 Å². The van der Waals surface area contributed by atoms with Crippen LogP contribution in [0.5, 0.6) is 5.75 Å². The predicted molar refractivity (Wildman–Crippen MR) is 106 cm³/mol. The van der Waals surface area contributed by atoms with E-state index in [4.69, 9.17) is 9.47 Å². The molecule has 5 nitrogen and oxygen atoms in total. The second kappa shape index (κ2) is 8.00. The Balaban J connectivity index is 1.35. The van der Waals surface area contributed by atoms with Gasteiger partial charge >= 0.3 is 0 Å². The highest BCUT2D eigenvalue weighted by Crippen LogP contribution is 2.31. The number of methoxy groups -OCH3 is 1. The lowest BCUT2D eigenvalue weighted by Crippen LogP contribution is -2.57. The van der Waals surface area contributed by atoms with Crippen LogP contribution in [0.1, 0.15) is 28.8 Å². The van der Waals surface area contributed by atoms with Crippen LogP contribution in [0, 0.1) is 0 Å². The maximum Gasteiger partial charge on any atom is 0.254 e. The van der Waals surface area contributed by atoms with Gasteiger partial charge in [-0.1, -0.05) is 12.1 Å². The number of benzene rings is 1. The molecule has 144 valence electrons. The van der Waals surface area contributed by atoms with Crippen molar-refractivity contribution < 1.29 is 14.3 Å². The molecule has 3 heterocycles. The van der Waals surface area contributed by atoms with Gasteiger partial charge in [0.1, 0.15) is 5.75 Å². The number of thiophene rings is 1. The van der Waals surface area contributed by atoms with Gasteiger partial charge < -0.3 is 14.4 Å². The first-order chi connectivity index (χ1) is 13.2. The van der Waals surface area contributed by atoms with Crippen LogP contribution < -0.4 is 4.74 Å². The molecule has 2 aromatic rings. The van der Waals surface area contributed by atoms with E-state index in [-0.39, 0.29) is 11.5 Å². The minimum absolute atomic E-state index is 0.137. The Bertz CT molecular complexity index is 769. The summed E-state index contributed by atoms with van der Waals surface area (Å²) in [5, 5.41) is 3.89. The van der Waals surface area contributed by atoms with Crippen LogP contribution >= 0.6 is 11.3 Å². The van der Waals surface area contributed by atoms with Crippen molar-refractivity contribution in [1.29, 1.82) is 0 Å². The summed E-state index contributed by atoms with van der Waals surface area (Å²) in [5.41, 5.74) is 1.88. The van der Waals surface area contributed by atoms with E-state index in [1.54, 1.807) is 18.4 Å². The molecule has 1 aromatic carbocycles. The lowest BCUT2D eigenvalue weighted by Gasteiger charge is -2.47. The lowest BCUT2D eigenvalue weighted by atomic mass is 9.89. The zero-order valence-corrected chi connectivity index (χ0v) is 16.5. The number of rotatable bonds is 4. The molecule has 2 saturated heterocycles. The Morgan fingerprint density at radius 1 is 1.26 bits per heavy atom. The number of amides is 1. The van der Waals surface area contributed by atoms with Crippen molar-refractivity contribution in [1.82, 2.24) is 9.80 Å². The molecular weight excluding hydrogens is 360 g/mol. The third-order valence-electron chi connectivity index (χ3n) is 5.61. The van der Waals surface area contributed by atoms with Gasteiger partial charge in [-0.2, -0.15) is 11.3 Å². The van der Waals surface area contributed by atoms with Crippen molar-refractivity contribution in [3.05, 3.63) is 52.2 Å². The van der Waals surface area contributed by atoms with E-state index in [0.717, 1.165) is 43.8 Å². The van der Waals surface area contributed by atoms with Crippen molar-refractivity contribution in [3.8, 4) is 5.75 Å². The number of hydrogen-bond acceptors (Lipinski definition) is 5. The van der Waals surface area contributed by atoms with Crippen LogP contribution in [0.2, 0.25) is 0 Å². The summed E-state index contributed by atoms with van der Waals surface area (Å²) in [6.07, 6.45) is 1.93. The molecule has 2 fully saturated rings. The van der Waals surface area contributed by atoms with Crippen molar-refractivity contribution in [2.45, 2.75) is 25.0 Å². The summed E-state index contributed by atoms with van der Waals surface area (Å²) < 4.78 is 11.5. The van der Waals surface area contributed by atoms with E-state index in [1.807, 2.05) is 33.9 Å². The number of nitrogens with zero attached hydrogens (tertiary/aromatic N) is 2. The average molecular weight is 387 g/mol. The van der Waals surface area contributed by atoms with Gasteiger partial charge in [0.25, 0.3) is 5.91 Å².